The Morgan fingerprint density at radius 1 is 1.22 bits per heavy atom. The van der Waals surface area contributed by atoms with Crippen LogP contribution in [0.1, 0.15) is 24.0 Å². The predicted molar refractivity (Wildman–Crippen MR) is 109 cm³/mol. The molecule has 1 N–H and O–H groups in total. The van der Waals surface area contributed by atoms with Gasteiger partial charge in [-0.25, -0.2) is 0 Å². The number of piperidine rings is 1. The molecule has 0 aromatic heterocycles. The summed E-state index contributed by atoms with van der Waals surface area (Å²) < 4.78 is 5.87. The molecule has 2 aromatic carbocycles. The van der Waals surface area contributed by atoms with E-state index in [9.17, 15) is 4.79 Å². The van der Waals surface area contributed by atoms with Gasteiger partial charge < -0.3 is 15.0 Å². The van der Waals surface area contributed by atoms with Crippen LogP contribution in [0.15, 0.2) is 48.5 Å². The molecule has 5 heteroatoms. The van der Waals surface area contributed by atoms with E-state index in [1.165, 1.54) is 6.42 Å². The van der Waals surface area contributed by atoms with Crippen LogP contribution in [-0.2, 0) is 17.8 Å². The quantitative estimate of drug-likeness (QED) is 0.784. The van der Waals surface area contributed by atoms with E-state index in [1.54, 1.807) is 0 Å². The van der Waals surface area contributed by atoms with Crippen LogP contribution in [0.5, 0.6) is 5.75 Å². The van der Waals surface area contributed by atoms with Gasteiger partial charge >= 0.3 is 0 Å². The van der Waals surface area contributed by atoms with Gasteiger partial charge in [-0.15, -0.1) is 0 Å². The van der Waals surface area contributed by atoms with Gasteiger partial charge in [0.15, 0.2) is 0 Å². The number of nitrogens with one attached hydrogen (secondary N) is 1. The van der Waals surface area contributed by atoms with E-state index < -0.39 is 0 Å². The Labute approximate surface area is 166 Å². The second kappa shape index (κ2) is 9.77. The molecule has 1 aliphatic heterocycles. The third-order valence-electron chi connectivity index (χ3n) is 4.91. The molecule has 2 aromatic rings. The van der Waals surface area contributed by atoms with Crippen LogP contribution in [0.2, 0.25) is 5.02 Å². The summed E-state index contributed by atoms with van der Waals surface area (Å²) in [5, 5.41) is 3.92. The number of carbonyl (C=O) groups excluding carboxylic acids is 1. The summed E-state index contributed by atoms with van der Waals surface area (Å²) in [7, 11) is 1.97. The van der Waals surface area contributed by atoms with Crippen molar-refractivity contribution in [2.75, 3.05) is 26.7 Å². The molecule has 1 amide bonds. The van der Waals surface area contributed by atoms with E-state index >= 15 is 0 Å². The van der Waals surface area contributed by atoms with Gasteiger partial charge in [-0.05, 0) is 67.7 Å². The highest BCUT2D eigenvalue weighted by Crippen LogP contribution is 2.20. The Morgan fingerprint density at radius 2 is 2.04 bits per heavy atom. The first-order valence-corrected chi connectivity index (χ1v) is 9.90. The number of hydrogen-bond donors (Lipinski definition) is 1. The molecule has 144 valence electrons. The SMILES string of the molecule is CNCC1CCCN(C(=O)Cc2cccc(OCc3cccc(Cl)c3)c2)C1. The molecule has 4 nitrogen and oxygen atoms in total. The smallest absolute Gasteiger partial charge is 0.227 e. The second-order valence-corrected chi connectivity index (χ2v) is 7.58. The summed E-state index contributed by atoms with van der Waals surface area (Å²) in [6.07, 6.45) is 2.69. The lowest BCUT2D eigenvalue weighted by atomic mass is 9.97. The van der Waals surface area contributed by atoms with Gasteiger partial charge in [-0.3, -0.25) is 4.79 Å². The van der Waals surface area contributed by atoms with Gasteiger partial charge in [0.2, 0.25) is 5.91 Å². The molecule has 0 saturated carbocycles. The van der Waals surface area contributed by atoms with Gasteiger partial charge in [-0.1, -0.05) is 35.9 Å². The van der Waals surface area contributed by atoms with Crippen molar-refractivity contribution in [2.45, 2.75) is 25.9 Å². The van der Waals surface area contributed by atoms with Gasteiger partial charge in [-0.2, -0.15) is 0 Å². The van der Waals surface area contributed by atoms with Crippen molar-refractivity contribution in [3.05, 3.63) is 64.7 Å². The van der Waals surface area contributed by atoms with E-state index in [1.807, 2.05) is 60.5 Å². The molecule has 27 heavy (non-hydrogen) atoms. The molecule has 0 spiro atoms. The number of benzene rings is 2. The van der Waals surface area contributed by atoms with E-state index in [4.69, 9.17) is 16.3 Å². The number of likely N-dealkylation sites (tertiary alicyclic amines) is 1. The third kappa shape index (κ3) is 5.98. The molecule has 1 fully saturated rings. The first kappa shape index (κ1) is 19.7. The van der Waals surface area contributed by atoms with Gasteiger partial charge in [0.1, 0.15) is 12.4 Å². The minimum atomic E-state index is 0.197. The van der Waals surface area contributed by atoms with E-state index in [0.29, 0.717) is 24.0 Å². The number of hydrogen-bond acceptors (Lipinski definition) is 3. The Bertz CT molecular complexity index is 763. The molecule has 0 radical (unpaired) electrons. The van der Waals surface area contributed by atoms with Crippen LogP contribution in [0, 0.1) is 5.92 Å². The number of amides is 1. The Balaban J connectivity index is 1.56. The fourth-order valence-corrected chi connectivity index (χ4v) is 3.78. The normalized spacial score (nSPS) is 17.0. The average Bonchev–Trinajstić information content (AvgIpc) is 2.67. The first-order chi connectivity index (χ1) is 13.1. The van der Waals surface area contributed by atoms with Crippen LogP contribution < -0.4 is 10.1 Å². The third-order valence-corrected chi connectivity index (χ3v) is 5.15. The lowest BCUT2D eigenvalue weighted by Crippen LogP contribution is -2.43. The van der Waals surface area contributed by atoms with Crippen molar-refractivity contribution in [1.29, 1.82) is 0 Å². The maximum Gasteiger partial charge on any atom is 0.227 e. The van der Waals surface area contributed by atoms with Crippen LogP contribution in [0.4, 0.5) is 0 Å². The fourth-order valence-electron chi connectivity index (χ4n) is 3.57. The van der Waals surface area contributed by atoms with Crippen molar-refractivity contribution in [3.8, 4) is 5.75 Å². The van der Waals surface area contributed by atoms with Crippen LogP contribution in [0.3, 0.4) is 0 Å². The largest absolute Gasteiger partial charge is 0.489 e. The summed E-state index contributed by atoms with van der Waals surface area (Å²) in [4.78, 5) is 14.7. The fraction of sp³-hybridized carbons (Fsp3) is 0.409. The maximum absolute atomic E-state index is 12.7. The lowest BCUT2D eigenvalue weighted by molar-refractivity contribution is -0.132. The minimum Gasteiger partial charge on any atom is -0.489 e. The summed E-state index contributed by atoms with van der Waals surface area (Å²) in [6, 6.07) is 15.4. The molecule has 1 atom stereocenters. The zero-order valence-corrected chi connectivity index (χ0v) is 16.5. The molecular weight excluding hydrogens is 360 g/mol. The van der Waals surface area contributed by atoms with Crippen molar-refractivity contribution in [2.24, 2.45) is 5.92 Å². The predicted octanol–water partition coefficient (Wildman–Crippen LogP) is 3.92. The highest BCUT2D eigenvalue weighted by molar-refractivity contribution is 6.30. The van der Waals surface area contributed by atoms with Gasteiger partial charge in [0.25, 0.3) is 0 Å². The Hall–Kier alpha value is -2.04. The highest BCUT2D eigenvalue weighted by Gasteiger charge is 2.23. The summed E-state index contributed by atoms with van der Waals surface area (Å²) in [5.74, 6) is 1.52. The first-order valence-electron chi connectivity index (χ1n) is 9.52. The molecule has 1 saturated heterocycles. The number of halogens is 1. The monoisotopic (exact) mass is 386 g/mol. The number of rotatable bonds is 7. The summed E-state index contributed by atoms with van der Waals surface area (Å²) in [5.41, 5.74) is 2.01. The topological polar surface area (TPSA) is 41.6 Å². The number of ether oxygens (including phenoxy) is 1. The number of carbonyl (C=O) groups is 1. The van der Waals surface area contributed by atoms with Crippen LogP contribution in [0.25, 0.3) is 0 Å². The maximum atomic E-state index is 12.7. The zero-order chi connectivity index (χ0) is 19.1. The molecule has 1 unspecified atom stereocenters. The van der Waals surface area contributed by atoms with Gasteiger partial charge in [0, 0.05) is 18.1 Å². The van der Waals surface area contributed by atoms with Gasteiger partial charge in [0.05, 0.1) is 6.42 Å². The van der Waals surface area contributed by atoms with Crippen molar-refractivity contribution >= 4 is 17.5 Å². The minimum absolute atomic E-state index is 0.197. The van der Waals surface area contributed by atoms with Crippen molar-refractivity contribution < 1.29 is 9.53 Å². The Kier molecular flexibility index (Phi) is 7.13. The molecule has 0 aliphatic carbocycles. The van der Waals surface area contributed by atoms with E-state index in [-0.39, 0.29) is 5.91 Å². The van der Waals surface area contributed by atoms with Crippen LogP contribution >= 0.6 is 11.6 Å². The van der Waals surface area contributed by atoms with Crippen molar-refractivity contribution in [3.63, 3.8) is 0 Å². The summed E-state index contributed by atoms with van der Waals surface area (Å²) >= 11 is 6.01. The molecule has 1 heterocycles. The summed E-state index contributed by atoms with van der Waals surface area (Å²) in [6.45, 7) is 3.14. The van der Waals surface area contributed by atoms with E-state index in [0.717, 1.165) is 42.9 Å². The number of nitrogens with zero attached hydrogens (tertiary/aromatic N) is 1. The Morgan fingerprint density at radius 3 is 2.85 bits per heavy atom. The highest BCUT2D eigenvalue weighted by atomic mass is 35.5. The molecule has 3 rings (SSSR count). The molecule has 0 bridgehead atoms. The average molecular weight is 387 g/mol. The molecular formula is C22H27ClN2O2. The zero-order valence-electron chi connectivity index (χ0n) is 15.8. The standard InChI is InChI=1S/C22H27ClN2O2/c1-24-14-19-7-4-10-25(15-19)22(26)13-17-5-3-9-21(12-17)27-16-18-6-2-8-20(23)11-18/h2-3,5-6,8-9,11-12,19,24H,4,7,10,13-16H2,1H3. The van der Waals surface area contributed by atoms with Crippen molar-refractivity contribution in [1.82, 2.24) is 10.2 Å². The molecule has 1 aliphatic rings. The van der Waals surface area contributed by atoms with E-state index in [2.05, 4.69) is 5.32 Å². The van der Waals surface area contributed by atoms with Crippen LogP contribution in [-0.4, -0.2) is 37.5 Å². The lowest BCUT2D eigenvalue weighted by Gasteiger charge is -2.32. The second-order valence-electron chi connectivity index (χ2n) is 7.15.